The Hall–Kier alpha value is -0.610. The summed E-state index contributed by atoms with van der Waals surface area (Å²) in [7, 11) is 0. The molecular formula is C13H28N2O2. The third-order valence-electron chi connectivity index (χ3n) is 3.75. The molecule has 0 bridgehead atoms. The zero-order valence-electron chi connectivity index (χ0n) is 11.7. The predicted octanol–water partition coefficient (Wildman–Crippen LogP) is 2.08. The lowest BCUT2D eigenvalue weighted by Gasteiger charge is -2.29. The maximum Gasteiger partial charge on any atom is 0.323 e. The molecule has 2 unspecified atom stereocenters. The van der Waals surface area contributed by atoms with Crippen LogP contribution in [0.3, 0.4) is 0 Å². The van der Waals surface area contributed by atoms with Crippen LogP contribution in [0.1, 0.15) is 53.4 Å². The van der Waals surface area contributed by atoms with Gasteiger partial charge in [-0.3, -0.25) is 4.79 Å². The van der Waals surface area contributed by atoms with E-state index in [0.29, 0.717) is 18.9 Å². The van der Waals surface area contributed by atoms with Gasteiger partial charge in [0.15, 0.2) is 0 Å². The van der Waals surface area contributed by atoms with E-state index in [0.717, 1.165) is 25.9 Å². The second-order valence-electron chi connectivity index (χ2n) is 4.80. The molecule has 102 valence electrons. The Morgan fingerprint density at radius 2 is 2.00 bits per heavy atom. The van der Waals surface area contributed by atoms with Gasteiger partial charge in [-0.1, -0.05) is 20.8 Å². The molecule has 0 aromatic carbocycles. The summed E-state index contributed by atoms with van der Waals surface area (Å²) in [5.41, 5.74) is 4.81. The SMILES string of the molecule is CCC(C)N(CC)CCCC(N)(CC)C(=O)O. The van der Waals surface area contributed by atoms with Crippen LogP contribution in [-0.2, 0) is 4.79 Å². The molecule has 3 N–H and O–H groups in total. The van der Waals surface area contributed by atoms with Gasteiger partial charge in [0.25, 0.3) is 0 Å². The van der Waals surface area contributed by atoms with E-state index >= 15 is 0 Å². The zero-order valence-corrected chi connectivity index (χ0v) is 11.7. The van der Waals surface area contributed by atoms with Crippen LogP contribution < -0.4 is 5.73 Å². The molecule has 0 aromatic heterocycles. The van der Waals surface area contributed by atoms with E-state index in [-0.39, 0.29) is 0 Å². The number of nitrogens with two attached hydrogens (primary N) is 1. The number of nitrogens with zero attached hydrogens (tertiary/aromatic N) is 1. The van der Waals surface area contributed by atoms with Gasteiger partial charge in [0.05, 0.1) is 0 Å². The Labute approximate surface area is 105 Å². The van der Waals surface area contributed by atoms with Crippen LogP contribution in [0.15, 0.2) is 0 Å². The van der Waals surface area contributed by atoms with E-state index in [1.165, 1.54) is 0 Å². The Morgan fingerprint density at radius 1 is 1.41 bits per heavy atom. The van der Waals surface area contributed by atoms with Crippen molar-refractivity contribution in [2.45, 2.75) is 65.0 Å². The van der Waals surface area contributed by atoms with Crippen molar-refractivity contribution in [1.29, 1.82) is 0 Å². The molecule has 4 nitrogen and oxygen atoms in total. The van der Waals surface area contributed by atoms with E-state index in [4.69, 9.17) is 10.8 Å². The standard InChI is InChI=1S/C13H28N2O2/c1-5-11(4)15(7-3)10-8-9-13(14,6-2)12(16)17/h11H,5-10,14H2,1-4H3,(H,16,17). The van der Waals surface area contributed by atoms with Gasteiger partial charge in [0.1, 0.15) is 5.54 Å². The van der Waals surface area contributed by atoms with Crippen molar-refractivity contribution in [2.75, 3.05) is 13.1 Å². The quantitative estimate of drug-likeness (QED) is 0.651. The average Bonchev–Trinajstić information content (AvgIpc) is 2.33. The fraction of sp³-hybridized carbons (Fsp3) is 0.923. The van der Waals surface area contributed by atoms with Gasteiger partial charge < -0.3 is 15.7 Å². The first kappa shape index (κ1) is 16.4. The van der Waals surface area contributed by atoms with Crippen molar-refractivity contribution in [3.8, 4) is 0 Å². The minimum absolute atomic E-state index is 0.484. The number of aliphatic carboxylic acids is 1. The Balaban J connectivity index is 4.15. The highest BCUT2D eigenvalue weighted by Gasteiger charge is 2.31. The second-order valence-corrected chi connectivity index (χ2v) is 4.80. The van der Waals surface area contributed by atoms with E-state index in [2.05, 4.69) is 25.7 Å². The lowest BCUT2D eigenvalue weighted by molar-refractivity contribution is -0.143. The molecule has 0 aliphatic carbocycles. The van der Waals surface area contributed by atoms with Gasteiger partial charge in [0.2, 0.25) is 0 Å². The summed E-state index contributed by atoms with van der Waals surface area (Å²) in [5, 5.41) is 9.07. The fourth-order valence-corrected chi connectivity index (χ4v) is 1.98. The molecule has 0 spiro atoms. The predicted molar refractivity (Wildman–Crippen MR) is 71.1 cm³/mol. The van der Waals surface area contributed by atoms with E-state index in [1.807, 2.05) is 6.92 Å². The van der Waals surface area contributed by atoms with Crippen molar-refractivity contribution >= 4 is 5.97 Å². The van der Waals surface area contributed by atoms with Crippen LogP contribution >= 0.6 is 0 Å². The van der Waals surface area contributed by atoms with Crippen molar-refractivity contribution in [1.82, 2.24) is 4.90 Å². The number of hydrogen-bond donors (Lipinski definition) is 2. The first-order valence-corrected chi connectivity index (χ1v) is 6.67. The molecule has 0 aliphatic rings. The number of hydrogen-bond acceptors (Lipinski definition) is 3. The minimum Gasteiger partial charge on any atom is -0.480 e. The molecule has 0 fully saturated rings. The van der Waals surface area contributed by atoms with E-state index < -0.39 is 11.5 Å². The van der Waals surface area contributed by atoms with Crippen LogP contribution in [0, 0.1) is 0 Å². The molecule has 0 aliphatic heterocycles. The molecule has 0 aromatic rings. The monoisotopic (exact) mass is 244 g/mol. The highest BCUT2D eigenvalue weighted by molar-refractivity contribution is 5.78. The molecular weight excluding hydrogens is 216 g/mol. The van der Waals surface area contributed by atoms with Gasteiger partial charge >= 0.3 is 5.97 Å². The number of carboxylic acid groups (broad SMARTS) is 1. The third-order valence-corrected chi connectivity index (χ3v) is 3.75. The molecule has 0 radical (unpaired) electrons. The first-order valence-electron chi connectivity index (χ1n) is 6.67. The van der Waals surface area contributed by atoms with Gasteiger partial charge in [-0.05, 0) is 45.7 Å². The molecule has 4 heteroatoms. The van der Waals surface area contributed by atoms with Gasteiger partial charge in [-0.2, -0.15) is 0 Å². The van der Waals surface area contributed by atoms with Crippen molar-refractivity contribution in [3.05, 3.63) is 0 Å². The summed E-state index contributed by atoms with van der Waals surface area (Å²) < 4.78 is 0. The fourth-order valence-electron chi connectivity index (χ4n) is 1.98. The highest BCUT2D eigenvalue weighted by atomic mass is 16.4. The normalized spacial score (nSPS) is 16.8. The van der Waals surface area contributed by atoms with Crippen LogP contribution in [0.5, 0.6) is 0 Å². The highest BCUT2D eigenvalue weighted by Crippen LogP contribution is 2.15. The largest absolute Gasteiger partial charge is 0.480 e. The average molecular weight is 244 g/mol. The lowest BCUT2D eigenvalue weighted by atomic mass is 9.91. The Bertz CT molecular complexity index is 233. The summed E-state index contributed by atoms with van der Waals surface area (Å²) in [6, 6.07) is 0.554. The van der Waals surface area contributed by atoms with Crippen molar-refractivity contribution < 1.29 is 9.90 Å². The molecule has 0 saturated heterocycles. The van der Waals surface area contributed by atoms with Crippen LogP contribution in [0.4, 0.5) is 0 Å². The van der Waals surface area contributed by atoms with Crippen LogP contribution in [-0.4, -0.2) is 40.6 Å². The Kier molecular flexibility index (Phi) is 7.39. The number of carboxylic acids is 1. The summed E-state index contributed by atoms with van der Waals surface area (Å²) in [6.45, 7) is 10.3. The zero-order chi connectivity index (χ0) is 13.5. The first-order chi connectivity index (χ1) is 7.91. The van der Waals surface area contributed by atoms with E-state index in [9.17, 15) is 4.79 Å². The molecule has 0 amide bonds. The summed E-state index contributed by atoms with van der Waals surface area (Å²) in [5.74, 6) is -0.883. The second kappa shape index (κ2) is 7.67. The van der Waals surface area contributed by atoms with Crippen LogP contribution in [0.25, 0.3) is 0 Å². The summed E-state index contributed by atoms with van der Waals surface area (Å²) >= 11 is 0. The van der Waals surface area contributed by atoms with Crippen molar-refractivity contribution in [2.24, 2.45) is 5.73 Å². The third kappa shape index (κ3) is 5.04. The summed E-state index contributed by atoms with van der Waals surface area (Å²) in [6.07, 6.45) is 2.99. The molecule has 17 heavy (non-hydrogen) atoms. The summed E-state index contributed by atoms with van der Waals surface area (Å²) in [4.78, 5) is 13.4. The van der Waals surface area contributed by atoms with Crippen LogP contribution in [0.2, 0.25) is 0 Å². The number of rotatable bonds is 9. The number of carbonyl (C=O) groups is 1. The molecule has 2 atom stereocenters. The molecule has 0 saturated carbocycles. The van der Waals surface area contributed by atoms with Gasteiger partial charge in [0, 0.05) is 6.04 Å². The topological polar surface area (TPSA) is 66.6 Å². The van der Waals surface area contributed by atoms with E-state index in [1.54, 1.807) is 0 Å². The van der Waals surface area contributed by atoms with Crippen molar-refractivity contribution in [3.63, 3.8) is 0 Å². The smallest absolute Gasteiger partial charge is 0.323 e. The van der Waals surface area contributed by atoms with Gasteiger partial charge in [-0.25, -0.2) is 0 Å². The maximum atomic E-state index is 11.0. The Morgan fingerprint density at radius 3 is 2.35 bits per heavy atom. The lowest BCUT2D eigenvalue weighted by Crippen LogP contribution is -2.48. The molecule has 0 heterocycles. The maximum absolute atomic E-state index is 11.0. The van der Waals surface area contributed by atoms with Gasteiger partial charge in [-0.15, -0.1) is 0 Å². The molecule has 0 rings (SSSR count). The minimum atomic E-state index is -1.05.